The molecule has 3 N–H and O–H groups in total. The molecule has 1 aliphatic rings. The molecule has 0 aromatic heterocycles. The molecule has 6 nitrogen and oxygen atoms in total. The average Bonchev–Trinajstić information content (AvgIpc) is 2.92. The average molecular weight is 291 g/mol. The predicted molar refractivity (Wildman–Crippen MR) is 81.2 cm³/mol. The maximum Gasteiger partial charge on any atom is 0.414 e. The first-order valence-corrected chi connectivity index (χ1v) is 7.13. The summed E-state index contributed by atoms with van der Waals surface area (Å²) in [6.07, 6.45) is 0.476. The summed E-state index contributed by atoms with van der Waals surface area (Å²) in [5, 5.41) is 2.79. The largest absolute Gasteiger partial charge is 0.447 e. The number of carbonyl (C=O) groups excluding carboxylic acids is 2. The number of rotatable bonds is 5. The number of carbonyl (C=O) groups is 2. The Bertz CT molecular complexity index is 533. The smallest absolute Gasteiger partial charge is 0.414 e. The van der Waals surface area contributed by atoms with Crippen molar-refractivity contribution in [2.24, 2.45) is 11.7 Å². The van der Waals surface area contributed by atoms with Gasteiger partial charge in [0.05, 0.1) is 12.6 Å². The molecule has 114 valence electrons. The molecule has 0 spiro atoms. The number of hydrogen-bond acceptors (Lipinski definition) is 4. The highest BCUT2D eigenvalue weighted by molar-refractivity contribution is 5.96. The van der Waals surface area contributed by atoms with Crippen LogP contribution in [0.25, 0.3) is 0 Å². The third-order valence-corrected chi connectivity index (χ3v) is 3.75. The van der Waals surface area contributed by atoms with E-state index in [2.05, 4.69) is 5.32 Å². The second-order valence-corrected chi connectivity index (χ2v) is 5.22. The van der Waals surface area contributed by atoms with Crippen LogP contribution in [-0.4, -0.2) is 31.2 Å². The molecule has 1 aliphatic heterocycles. The fourth-order valence-corrected chi connectivity index (χ4v) is 2.12. The molecule has 1 aromatic carbocycles. The van der Waals surface area contributed by atoms with Crippen LogP contribution in [0.5, 0.6) is 0 Å². The molecule has 6 heteroatoms. The Hall–Kier alpha value is -2.08. The lowest BCUT2D eigenvalue weighted by molar-refractivity contribution is -0.118. The van der Waals surface area contributed by atoms with E-state index in [1.165, 1.54) is 4.90 Å². The van der Waals surface area contributed by atoms with Gasteiger partial charge in [0.25, 0.3) is 0 Å². The highest BCUT2D eigenvalue weighted by Crippen LogP contribution is 2.22. The van der Waals surface area contributed by atoms with E-state index in [1.807, 2.05) is 13.8 Å². The SMILES string of the molecule is CCC(C)[C@H](N)C(=O)Nc1cccc(N2CCOC2=O)c1. The van der Waals surface area contributed by atoms with Gasteiger partial charge in [0.2, 0.25) is 5.91 Å². The Kier molecular flexibility index (Phi) is 4.80. The van der Waals surface area contributed by atoms with Gasteiger partial charge < -0.3 is 15.8 Å². The molecule has 1 fully saturated rings. The first-order chi connectivity index (χ1) is 10.0. The third-order valence-electron chi connectivity index (χ3n) is 3.75. The van der Waals surface area contributed by atoms with Gasteiger partial charge in [-0.15, -0.1) is 0 Å². The molecule has 1 unspecified atom stereocenters. The summed E-state index contributed by atoms with van der Waals surface area (Å²) < 4.78 is 4.90. The summed E-state index contributed by atoms with van der Waals surface area (Å²) in [5.74, 6) is -0.104. The van der Waals surface area contributed by atoms with Gasteiger partial charge in [-0.25, -0.2) is 4.79 Å². The van der Waals surface area contributed by atoms with Gasteiger partial charge in [-0.3, -0.25) is 9.69 Å². The summed E-state index contributed by atoms with van der Waals surface area (Å²) in [6, 6.07) is 6.55. The zero-order valence-electron chi connectivity index (χ0n) is 12.3. The number of nitrogens with two attached hydrogens (primary N) is 1. The number of cyclic esters (lactones) is 1. The van der Waals surface area contributed by atoms with E-state index >= 15 is 0 Å². The summed E-state index contributed by atoms with van der Waals surface area (Å²) in [5.41, 5.74) is 7.23. The van der Waals surface area contributed by atoms with E-state index in [4.69, 9.17) is 10.5 Å². The van der Waals surface area contributed by atoms with Gasteiger partial charge >= 0.3 is 6.09 Å². The van der Waals surface area contributed by atoms with Crippen LogP contribution in [0.15, 0.2) is 24.3 Å². The maximum absolute atomic E-state index is 12.1. The van der Waals surface area contributed by atoms with Crippen molar-refractivity contribution in [3.63, 3.8) is 0 Å². The number of nitrogens with zero attached hydrogens (tertiary/aromatic N) is 1. The number of hydrogen-bond donors (Lipinski definition) is 2. The number of amides is 2. The lowest BCUT2D eigenvalue weighted by Gasteiger charge is -2.19. The van der Waals surface area contributed by atoms with E-state index in [9.17, 15) is 9.59 Å². The molecule has 1 aromatic rings. The fraction of sp³-hybridized carbons (Fsp3) is 0.467. The molecule has 21 heavy (non-hydrogen) atoms. The predicted octanol–water partition coefficient (Wildman–Crippen LogP) is 1.96. The zero-order chi connectivity index (χ0) is 15.4. The van der Waals surface area contributed by atoms with E-state index in [1.54, 1.807) is 24.3 Å². The van der Waals surface area contributed by atoms with Crippen molar-refractivity contribution in [1.29, 1.82) is 0 Å². The van der Waals surface area contributed by atoms with Crippen molar-refractivity contribution in [3.8, 4) is 0 Å². The molecule has 0 radical (unpaired) electrons. The minimum absolute atomic E-state index is 0.113. The highest BCUT2D eigenvalue weighted by Gasteiger charge is 2.24. The van der Waals surface area contributed by atoms with Crippen molar-refractivity contribution in [2.45, 2.75) is 26.3 Å². The molecule has 0 bridgehead atoms. The van der Waals surface area contributed by atoms with Crippen molar-refractivity contribution in [3.05, 3.63) is 24.3 Å². The first kappa shape index (κ1) is 15.3. The van der Waals surface area contributed by atoms with Crippen molar-refractivity contribution in [1.82, 2.24) is 0 Å². The van der Waals surface area contributed by atoms with E-state index in [-0.39, 0.29) is 17.9 Å². The van der Waals surface area contributed by atoms with Gasteiger partial charge in [-0.2, -0.15) is 0 Å². The van der Waals surface area contributed by atoms with Crippen LogP contribution < -0.4 is 16.0 Å². The van der Waals surface area contributed by atoms with Crippen molar-refractivity contribution in [2.75, 3.05) is 23.4 Å². The second-order valence-electron chi connectivity index (χ2n) is 5.22. The van der Waals surface area contributed by atoms with Gasteiger partial charge in [0, 0.05) is 11.4 Å². The molecule has 0 aliphatic carbocycles. The standard InChI is InChI=1S/C15H21N3O3/c1-3-10(2)13(16)14(19)17-11-5-4-6-12(9-11)18-7-8-21-15(18)20/h4-6,9-10,13H,3,7-8,16H2,1-2H3,(H,17,19)/t10?,13-/m0/s1. The maximum atomic E-state index is 12.1. The topological polar surface area (TPSA) is 84.7 Å². The van der Waals surface area contributed by atoms with Gasteiger partial charge in [-0.1, -0.05) is 26.3 Å². The van der Waals surface area contributed by atoms with Crippen molar-refractivity contribution < 1.29 is 14.3 Å². The van der Waals surface area contributed by atoms with Gasteiger partial charge in [0.15, 0.2) is 0 Å². The van der Waals surface area contributed by atoms with Crippen LogP contribution >= 0.6 is 0 Å². The lowest BCUT2D eigenvalue weighted by Crippen LogP contribution is -2.40. The van der Waals surface area contributed by atoms with Crippen LogP contribution in [0.2, 0.25) is 0 Å². The molecule has 2 amide bonds. The Labute approximate surface area is 124 Å². The Balaban J connectivity index is 2.07. The molecule has 1 heterocycles. The summed E-state index contributed by atoms with van der Waals surface area (Å²) in [7, 11) is 0. The van der Waals surface area contributed by atoms with Crippen LogP contribution in [-0.2, 0) is 9.53 Å². The molecule has 2 atom stereocenters. The minimum atomic E-state index is -0.546. The molecule has 0 saturated carbocycles. The van der Waals surface area contributed by atoms with Gasteiger partial charge in [0.1, 0.15) is 6.61 Å². The Morgan fingerprint density at radius 3 is 2.90 bits per heavy atom. The summed E-state index contributed by atoms with van der Waals surface area (Å²) in [6.45, 7) is 4.84. The molecule has 1 saturated heterocycles. The van der Waals surface area contributed by atoms with Crippen LogP contribution in [0.4, 0.5) is 16.2 Å². The van der Waals surface area contributed by atoms with Gasteiger partial charge in [-0.05, 0) is 24.1 Å². The summed E-state index contributed by atoms with van der Waals surface area (Å²) in [4.78, 5) is 25.1. The lowest BCUT2D eigenvalue weighted by atomic mass is 9.99. The number of ether oxygens (including phenoxy) is 1. The Morgan fingerprint density at radius 2 is 2.29 bits per heavy atom. The normalized spacial score (nSPS) is 17.3. The quantitative estimate of drug-likeness (QED) is 0.868. The number of benzene rings is 1. The highest BCUT2D eigenvalue weighted by atomic mass is 16.6. The van der Waals surface area contributed by atoms with Crippen molar-refractivity contribution >= 4 is 23.4 Å². The van der Waals surface area contributed by atoms with Crippen LogP contribution in [0.3, 0.4) is 0 Å². The summed E-state index contributed by atoms with van der Waals surface area (Å²) >= 11 is 0. The molecular weight excluding hydrogens is 270 g/mol. The minimum Gasteiger partial charge on any atom is -0.447 e. The number of anilines is 2. The van der Waals surface area contributed by atoms with E-state index in [0.717, 1.165) is 6.42 Å². The third kappa shape index (κ3) is 3.52. The van der Waals surface area contributed by atoms with E-state index in [0.29, 0.717) is 24.5 Å². The molecule has 2 rings (SSSR count). The molecular formula is C15H21N3O3. The second kappa shape index (κ2) is 6.58. The van der Waals surface area contributed by atoms with E-state index < -0.39 is 6.04 Å². The first-order valence-electron chi connectivity index (χ1n) is 7.13. The van der Waals surface area contributed by atoms with Crippen LogP contribution in [0, 0.1) is 5.92 Å². The zero-order valence-corrected chi connectivity index (χ0v) is 12.3. The number of nitrogens with one attached hydrogen (secondary N) is 1. The Morgan fingerprint density at radius 1 is 1.52 bits per heavy atom. The van der Waals surface area contributed by atoms with Crippen LogP contribution in [0.1, 0.15) is 20.3 Å². The monoisotopic (exact) mass is 291 g/mol. The fourth-order valence-electron chi connectivity index (χ4n) is 2.12.